The van der Waals surface area contributed by atoms with Crippen molar-refractivity contribution in [1.82, 2.24) is 0 Å². The monoisotopic (exact) mass is 484 g/mol. The van der Waals surface area contributed by atoms with Crippen LogP contribution in [-0.2, 0) is 17.5 Å². The summed E-state index contributed by atoms with van der Waals surface area (Å²) < 4.78 is 46.3. The smallest absolute Gasteiger partial charge is 0.416 e. The average molecular weight is 484 g/mol. The van der Waals surface area contributed by atoms with Crippen LogP contribution in [0.5, 0.6) is 0 Å². The third-order valence-corrected chi connectivity index (χ3v) is 5.79. The molecule has 4 rings (SSSR count). The predicted octanol–water partition coefficient (Wildman–Crippen LogP) is 5.09. The first-order chi connectivity index (χ1) is 16.8. The average Bonchev–Trinajstić information content (AvgIpc) is 2.87. The highest BCUT2D eigenvalue weighted by molar-refractivity contribution is 6.07. The molecule has 0 spiro atoms. The molecule has 0 atom stereocenters. The van der Waals surface area contributed by atoms with Crippen LogP contribution in [0, 0.1) is 0 Å². The third-order valence-electron chi connectivity index (χ3n) is 5.79. The number of hydrogen-bond donors (Lipinski definition) is 1. The number of carbonyl (C=O) groups is 2. The highest BCUT2D eigenvalue weighted by Gasteiger charge is 2.34. The molecule has 9 heteroatoms. The summed E-state index contributed by atoms with van der Waals surface area (Å²) in [5.41, 5.74) is -0.0734. The molecular weight excluding hydrogens is 461 g/mol. The van der Waals surface area contributed by atoms with Gasteiger partial charge in [-0.15, -0.1) is 0 Å². The summed E-state index contributed by atoms with van der Waals surface area (Å²) in [6.07, 6.45) is -4.61. The van der Waals surface area contributed by atoms with E-state index < -0.39 is 23.6 Å². The van der Waals surface area contributed by atoms with E-state index in [2.05, 4.69) is 0 Å². The number of aromatic carboxylic acids is 1. The van der Waals surface area contributed by atoms with Gasteiger partial charge in [0.1, 0.15) is 0 Å². The lowest BCUT2D eigenvalue weighted by Crippen LogP contribution is -2.37. The van der Waals surface area contributed by atoms with Crippen LogP contribution < -0.4 is 9.80 Å². The number of benzene rings is 3. The quantitative estimate of drug-likeness (QED) is 0.528. The first-order valence-corrected chi connectivity index (χ1v) is 11.0. The van der Waals surface area contributed by atoms with Gasteiger partial charge in [0.25, 0.3) is 5.91 Å². The first kappa shape index (κ1) is 24.3. The number of amides is 1. The SMILES string of the molecule is O=C(O)c1cc(N(Cc2ccccc2C(F)(F)F)C(=O)c2ccccc2)ccc1N1CCOCC1. The van der Waals surface area contributed by atoms with Crippen LogP contribution >= 0.6 is 0 Å². The molecule has 182 valence electrons. The van der Waals surface area contributed by atoms with Crippen molar-refractivity contribution in [3.63, 3.8) is 0 Å². The topological polar surface area (TPSA) is 70.1 Å². The van der Waals surface area contributed by atoms with Crippen molar-refractivity contribution in [2.75, 3.05) is 36.1 Å². The molecule has 0 radical (unpaired) electrons. The maximum absolute atomic E-state index is 13.7. The lowest BCUT2D eigenvalue weighted by atomic mass is 10.0. The summed E-state index contributed by atoms with van der Waals surface area (Å²) in [7, 11) is 0. The maximum Gasteiger partial charge on any atom is 0.416 e. The molecule has 1 aliphatic rings. The number of carbonyl (C=O) groups excluding carboxylic acids is 1. The largest absolute Gasteiger partial charge is 0.478 e. The van der Waals surface area contributed by atoms with Crippen LogP contribution in [-0.4, -0.2) is 43.3 Å². The van der Waals surface area contributed by atoms with Crippen LogP contribution in [0.4, 0.5) is 24.5 Å². The highest BCUT2D eigenvalue weighted by Crippen LogP contribution is 2.34. The fourth-order valence-corrected chi connectivity index (χ4v) is 4.07. The number of hydrogen-bond acceptors (Lipinski definition) is 4. The van der Waals surface area contributed by atoms with E-state index in [1.54, 1.807) is 42.5 Å². The Morgan fingerprint density at radius 2 is 1.60 bits per heavy atom. The molecule has 6 nitrogen and oxygen atoms in total. The summed E-state index contributed by atoms with van der Waals surface area (Å²) in [5.74, 6) is -1.74. The molecule has 1 N–H and O–H groups in total. The van der Waals surface area contributed by atoms with Crippen LogP contribution in [0.15, 0.2) is 72.8 Å². The fraction of sp³-hybridized carbons (Fsp3) is 0.231. The number of carboxylic acid groups (broad SMARTS) is 1. The second-order valence-corrected chi connectivity index (χ2v) is 8.02. The molecule has 1 aliphatic heterocycles. The van der Waals surface area contributed by atoms with Crippen LogP contribution in [0.1, 0.15) is 31.8 Å². The minimum absolute atomic E-state index is 0.0423. The number of halogens is 3. The molecule has 1 heterocycles. The van der Waals surface area contributed by atoms with Crippen molar-refractivity contribution in [1.29, 1.82) is 0 Å². The van der Waals surface area contributed by atoms with Gasteiger partial charge in [-0.05, 0) is 42.0 Å². The highest BCUT2D eigenvalue weighted by atomic mass is 19.4. The van der Waals surface area contributed by atoms with Crippen molar-refractivity contribution in [3.05, 3.63) is 95.1 Å². The van der Waals surface area contributed by atoms with Crippen molar-refractivity contribution < 1.29 is 32.6 Å². The van der Waals surface area contributed by atoms with Gasteiger partial charge >= 0.3 is 12.1 Å². The molecule has 35 heavy (non-hydrogen) atoms. The third kappa shape index (κ3) is 5.46. The molecule has 0 unspecified atom stereocenters. The van der Waals surface area contributed by atoms with E-state index in [1.165, 1.54) is 29.2 Å². The Balaban J connectivity index is 1.79. The lowest BCUT2D eigenvalue weighted by molar-refractivity contribution is -0.138. The molecule has 3 aromatic rings. The second-order valence-electron chi connectivity index (χ2n) is 8.02. The summed E-state index contributed by atoms with van der Waals surface area (Å²) in [4.78, 5) is 28.6. The van der Waals surface area contributed by atoms with Crippen LogP contribution in [0.3, 0.4) is 0 Å². The number of anilines is 2. The number of rotatable bonds is 6. The Morgan fingerprint density at radius 1 is 0.943 bits per heavy atom. The van der Waals surface area contributed by atoms with Gasteiger partial charge < -0.3 is 19.6 Å². The second kappa shape index (κ2) is 10.2. The predicted molar refractivity (Wildman–Crippen MR) is 125 cm³/mol. The normalized spacial score (nSPS) is 14.0. The molecule has 0 aromatic heterocycles. The van der Waals surface area contributed by atoms with Crippen molar-refractivity contribution in [2.45, 2.75) is 12.7 Å². The number of nitrogens with zero attached hydrogens (tertiary/aromatic N) is 2. The number of alkyl halides is 3. The number of ether oxygens (including phenoxy) is 1. The van der Waals surface area contributed by atoms with Gasteiger partial charge in [0.15, 0.2) is 0 Å². The van der Waals surface area contributed by atoms with Crippen molar-refractivity contribution in [2.24, 2.45) is 0 Å². The van der Waals surface area contributed by atoms with Crippen molar-refractivity contribution in [3.8, 4) is 0 Å². The van der Waals surface area contributed by atoms with Gasteiger partial charge in [0.05, 0.1) is 36.6 Å². The fourth-order valence-electron chi connectivity index (χ4n) is 4.07. The van der Waals surface area contributed by atoms with Gasteiger partial charge in [-0.1, -0.05) is 36.4 Å². The lowest BCUT2D eigenvalue weighted by Gasteiger charge is -2.31. The Kier molecular flexibility index (Phi) is 7.07. The van der Waals surface area contributed by atoms with E-state index in [9.17, 15) is 27.9 Å². The van der Waals surface area contributed by atoms with E-state index in [0.717, 1.165) is 6.07 Å². The van der Waals surface area contributed by atoms with Gasteiger partial charge in [-0.2, -0.15) is 13.2 Å². The molecular formula is C26H23F3N2O4. The zero-order valence-electron chi connectivity index (χ0n) is 18.7. The molecule has 0 saturated carbocycles. The number of carboxylic acids is 1. The Hall–Kier alpha value is -3.85. The molecule has 0 bridgehead atoms. The van der Waals surface area contributed by atoms with Gasteiger partial charge in [0.2, 0.25) is 0 Å². The number of morpholine rings is 1. The summed E-state index contributed by atoms with van der Waals surface area (Å²) in [6, 6.07) is 17.7. The zero-order chi connectivity index (χ0) is 25.0. The van der Waals surface area contributed by atoms with Gasteiger partial charge in [0, 0.05) is 24.3 Å². The van der Waals surface area contributed by atoms with Crippen LogP contribution in [0.2, 0.25) is 0 Å². The van der Waals surface area contributed by atoms with E-state index >= 15 is 0 Å². The first-order valence-electron chi connectivity index (χ1n) is 11.0. The summed E-state index contributed by atoms with van der Waals surface area (Å²) in [6.45, 7) is 1.52. The molecule has 0 aliphatic carbocycles. The Bertz CT molecular complexity index is 1210. The van der Waals surface area contributed by atoms with Crippen molar-refractivity contribution >= 4 is 23.3 Å². The van der Waals surface area contributed by atoms with E-state index in [-0.39, 0.29) is 28.9 Å². The van der Waals surface area contributed by atoms with E-state index in [4.69, 9.17) is 4.74 Å². The van der Waals surface area contributed by atoms with E-state index in [1.807, 2.05) is 4.90 Å². The molecule has 1 fully saturated rings. The minimum Gasteiger partial charge on any atom is -0.478 e. The van der Waals surface area contributed by atoms with Gasteiger partial charge in [-0.25, -0.2) is 4.79 Å². The maximum atomic E-state index is 13.7. The zero-order valence-corrected chi connectivity index (χ0v) is 18.7. The summed E-state index contributed by atoms with van der Waals surface area (Å²) >= 11 is 0. The van der Waals surface area contributed by atoms with Gasteiger partial charge in [-0.3, -0.25) is 4.79 Å². The molecule has 3 aromatic carbocycles. The minimum atomic E-state index is -4.61. The Labute approximate surface area is 200 Å². The van der Waals surface area contributed by atoms with Crippen LogP contribution in [0.25, 0.3) is 0 Å². The van der Waals surface area contributed by atoms with E-state index in [0.29, 0.717) is 32.0 Å². The standard InChI is InChI=1S/C26H23F3N2O4/c27-26(28,29)22-9-5-4-8-19(22)17-31(24(32)18-6-2-1-3-7-18)20-10-11-23(21(16-20)25(33)34)30-12-14-35-15-13-30/h1-11,16H,12-15,17H2,(H,33,34). The Morgan fingerprint density at radius 3 is 2.26 bits per heavy atom. The summed E-state index contributed by atoms with van der Waals surface area (Å²) in [5, 5.41) is 9.89. The molecule has 1 saturated heterocycles. The molecule has 1 amide bonds.